The van der Waals surface area contributed by atoms with Gasteiger partial charge < -0.3 is 11.1 Å². The predicted molar refractivity (Wildman–Crippen MR) is 65.1 cm³/mol. The molecule has 1 amide bonds. The van der Waals surface area contributed by atoms with Crippen molar-refractivity contribution in [2.45, 2.75) is 6.54 Å². The predicted octanol–water partition coefficient (Wildman–Crippen LogP) is 1.21. The number of amides is 1. The molecule has 1 heterocycles. The van der Waals surface area contributed by atoms with Gasteiger partial charge in [-0.25, -0.2) is 8.78 Å². The Morgan fingerprint density at radius 2 is 2.21 bits per heavy atom. The van der Waals surface area contributed by atoms with Gasteiger partial charge in [0.05, 0.1) is 6.20 Å². The van der Waals surface area contributed by atoms with Gasteiger partial charge in [-0.15, -0.1) is 0 Å². The molecule has 0 aliphatic rings. The van der Waals surface area contributed by atoms with Gasteiger partial charge in [0.1, 0.15) is 23.0 Å². The third-order valence-electron chi connectivity index (χ3n) is 2.68. The summed E-state index contributed by atoms with van der Waals surface area (Å²) in [6.07, 6.45) is 1.31. The summed E-state index contributed by atoms with van der Waals surface area (Å²) in [6, 6.07) is 3.05. The number of aromatic nitrogens is 2. The molecular weight excluding hydrogens is 254 g/mol. The highest BCUT2D eigenvalue weighted by Crippen LogP contribution is 2.11. The number of hydrogen-bond donors (Lipinski definition) is 2. The van der Waals surface area contributed by atoms with Crippen molar-refractivity contribution in [1.82, 2.24) is 15.1 Å². The molecule has 5 nitrogen and oxygen atoms in total. The molecule has 0 saturated carbocycles. The first-order valence-corrected chi connectivity index (χ1v) is 5.48. The number of halogens is 2. The molecule has 0 aliphatic carbocycles. The lowest BCUT2D eigenvalue weighted by molar-refractivity contribution is 0.0951. The molecule has 7 heteroatoms. The van der Waals surface area contributed by atoms with Crippen LogP contribution in [0.2, 0.25) is 0 Å². The SMILES string of the molecule is Cn1ncc(C(=O)NCc2cc(F)ccc2F)c1N. The highest BCUT2D eigenvalue weighted by atomic mass is 19.1. The third kappa shape index (κ3) is 2.70. The Kier molecular flexibility index (Phi) is 3.46. The van der Waals surface area contributed by atoms with Gasteiger partial charge in [-0.1, -0.05) is 0 Å². The molecule has 19 heavy (non-hydrogen) atoms. The number of rotatable bonds is 3. The van der Waals surface area contributed by atoms with Crippen LogP contribution in [0.5, 0.6) is 0 Å². The van der Waals surface area contributed by atoms with E-state index in [1.54, 1.807) is 7.05 Å². The summed E-state index contributed by atoms with van der Waals surface area (Å²) in [6.45, 7) is -0.128. The molecule has 1 aromatic heterocycles. The van der Waals surface area contributed by atoms with E-state index in [9.17, 15) is 13.6 Å². The highest BCUT2D eigenvalue weighted by molar-refractivity contribution is 5.98. The number of carbonyl (C=O) groups excluding carboxylic acids is 1. The summed E-state index contributed by atoms with van der Waals surface area (Å²) in [5, 5.41) is 6.28. The Morgan fingerprint density at radius 3 is 2.84 bits per heavy atom. The zero-order chi connectivity index (χ0) is 14.0. The number of hydrogen-bond acceptors (Lipinski definition) is 3. The van der Waals surface area contributed by atoms with Crippen molar-refractivity contribution in [3.8, 4) is 0 Å². The fraction of sp³-hybridized carbons (Fsp3) is 0.167. The molecule has 2 rings (SSSR count). The van der Waals surface area contributed by atoms with E-state index in [0.29, 0.717) is 0 Å². The number of aryl methyl sites for hydroxylation is 1. The first-order chi connectivity index (χ1) is 8.99. The first kappa shape index (κ1) is 13.0. The molecule has 100 valence electrons. The molecule has 0 aliphatic heterocycles. The molecule has 0 saturated heterocycles. The topological polar surface area (TPSA) is 72.9 Å². The van der Waals surface area contributed by atoms with Crippen molar-refractivity contribution in [2.75, 3.05) is 5.73 Å². The number of carbonyl (C=O) groups is 1. The van der Waals surface area contributed by atoms with Crippen LogP contribution in [0.1, 0.15) is 15.9 Å². The normalized spacial score (nSPS) is 10.5. The van der Waals surface area contributed by atoms with Crippen molar-refractivity contribution in [1.29, 1.82) is 0 Å². The summed E-state index contributed by atoms with van der Waals surface area (Å²) in [4.78, 5) is 11.8. The number of benzene rings is 1. The van der Waals surface area contributed by atoms with Gasteiger partial charge >= 0.3 is 0 Å². The molecular formula is C12H12F2N4O. The van der Waals surface area contributed by atoms with Crippen LogP contribution in [0.4, 0.5) is 14.6 Å². The van der Waals surface area contributed by atoms with Crippen molar-refractivity contribution in [3.05, 3.63) is 47.2 Å². The zero-order valence-corrected chi connectivity index (χ0v) is 10.2. The largest absolute Gasteiger partial charge is 0.383 e. The minimum atomic E-state index is -0.583. The summed E-state index contributed by atoms with van der Waals surface area (Å²) in [5.74, 6) is -1.43. The summed E-state index contributed by atoms with van der Waals surface area (Å²) >= 11 is 0. The number of nitrogens with zero attached hydrogens (tertiary/aromatic N) is 2. The van der Waals surface area contributed by atoms with Gasteiger partial charge in [0.15, 0.2) is 0 Å². The Hall–Kier alpha value is -2.44. The number of nitrogens with one attached hydrogen (secondary N) is 1. The fourth-order valence-electron chi connectivity index (χ4n) is 1.57. The van der Waals surface area contributed by atoms with Gasteiger partial charge in [-0.2, -0.15) is 5.10 Å². The number of anilines is 1. The highest BCUT2D eigenvalue weighted by Gasteiger charge is 2.14. The molecule has 0 atom stereocenters. The Morgan fingerprint density at radius 1 is 1.47 bits per heavy atom. The Bertz CT molecular complexity index is 624. The van der Waals surface area contributed by atoms with E-state index >= 15 is 0 Å². The fourth-order valence-corrected chi connectivity index (χ4v) is 1.57. The average Bonchev–Trinajstić information content (AvgIpc) is 2.71. The van der Waals surface area contributed by atoms with Crippen LogP contribution in [-0.2, 0) is 13.6 Å². The van der Waals surface area contributed by atoms with Crippen molar-refractivity contribution < 1.29 is 13.6 Å². The standard InChI is InChI=1S/C12H12F2N4O/c1-18-11(15)9(6-17-18)12(19)16-5-7-4-8(13)2-3-10(7)14/h2-4,6H,5,15H2,1H3,(H,16,19). The van der Waals surface area contributed by atoms with Crippen molar-refractivity contribution in [2.24, 2.45) is 7.05 Å². The lowest BCUT2D eigenvalue weighted by atomic mass is 10.2. The second kappa shape index (κ2) is 5.05. The summed E-state index contributed by atoms with van der Waals surface area (Å²) in [7, 11) is 1.60. The monoisotopic (exact) mass is 266 g/mol. The van der Waals surface area contributed by atoms with E-state index in [1.807, 2.05) is 0 Å². The molecule has 0 spiro atoms. The maximum absolute atomic E-state index is 13.3. The van der Waals surface area contributed by atoms with Crippen LogP contribution in [0, 0.1) is 11.6 Å². The van der Waals surface area contributed by atoms with Gasteiger partial charge in [-0.05, 0) is 18.2 Å². The molecule has 1 aromatic carbocycles. The summed E-state index contributed by atoms with van der Waals surface area (Å²) in [5.41, 5.74) is 5.89. The second-order valence-electron chi connectivity index (χ2n) is 3.99. The van der Waals surface area contributed by atoms with Crippen LogP contribution < -0.4 is 11.1 Å². The molecule has 3 N–H and O–H groups in total. The van der Waals surface area contributed by atoms with E-state index in [2.05, 4.69) is 10.4 Å². The molecule has 0 unspecified atom stereocenters. The van der Waals surface area contributed by atoms with Crippen LogP contribution in [0.25, 0.3) is 0 Å². The maximum atomic E-state index is 13.3. The van der Waals surface area contributed by atoms with E-state index in [4.69, 9.17) is 5.73 Å². The smallest absolute Gasteiger partial charge is 0.256 e. The maximum Gasteiger partial charge on any atom is 0.256 e. The van der Waals surface area contributed by atoms with Crippen LogP contribution in [0.15, 0.2) is 24.4 Å². The van der Waals surface area contributed by atoms with E-state index in [-0.39, 0.29) is 23.5 Å². The van der Waals surface area contributed by atoms with E-state index in [0.717, 1.165) is 18.2 Å². The Balaban J connectivity index is 2.08. The minimum Gasteiger partial charge on any atom is -0.383 e. The third-order valence-corrected chi connectivity index (χ3v) is 2.68. The molecule has 0 bridgehead atoms. The average molecular weight is 266 g/mol. The minimum absolute atomic E-state index is 0.0656. The van der Waals surface area contributed by atoms with Gasteiger partial charge in [-0.3, -0.25) is 9.48 Å². The van der Waals surface area contributed by atoms with E-state index in [1.165, 1.54) is 10.9 Å². The van der Waals surface area contributed by atoms with Crippen LogP contribution >= 0.6 is 0 Å². The quantitative estimate of drug-likeness (QED) is 0.877. The summed E-state index contributed by atoms with van der Waals surface area (Å²) < 4.78 is 27.6. The lowest BCUT2D eigenvalue weighted by Crippen LogP contribution is -2.24. The number of nitrogen functional groups attached to an aromatic ring is 1. The van der Waals surface area contributed by atoms with Crippen molar-refractivity contribution >= 4 is 11.7 Å². The zero-order valence-electron chi connectivity index (χ0n) is 10.2. The van der Waals surface area contributed by atoms with Crippen LogP contribution in [0.3, 0.4) is 0 Å². The first-order valence-electron chi connectivity index (χ1n) is 5.48. The molecule has 2 aromatic rings. The number of nitrogens with two attached hydrogens (primary N) is 1. The second-order valence-corrected chi connectivity index (χ2v) is 3.99. The van der Waals surface area contributed by atoms with Crippen molar-refractivity contribution in [3.63, 3.8) is 0 Å². The van der Waals surface area contributed by atoms with E-state index < -0.39 is 17.5 Å². The molecule has 0 radical (unpaired) electrons. The van der Waals surface area contributed by atoms with Crippen LogP contribution in [-0.4, -0.2) is 15.7 Å². The van der Waals surface area contributed by atoms with Gasteiger partial charge in [0, 0.05) is 19.2 Å². The van der Waals surface area contributed by atoms with Gasteiger partial charge in [0.2, 0.25) is 0 Å². The Labute approximate surface area is 108 Å². The molecule has 0 fully saturated rings. The lowest BCUT2D eigenvalue weighted by Gasteiger charge is -2.06. The van der Waals surface area contributed by atoms with Gasteiger partial charge in [0.25, 0.3) is 5.91 Å².